The minimum absolute atomic E-state index is 0.231. The van der Waals surface area contributed by atoms with Crippen molar-refractivity contribution >= 4 is 12.0 Å². The second kappa shape index (κ2) is 7.70. The van der Waals surface area contributed by atoms with Crippen molar-refractivity contribution in [3.63, 3.8) is 0 Å². The van der Waals surface area contributed by atoms with E-state index in [9.17, 15) is 4.79 Å². The van der Waals surface area contributed by atoms with E-state index in [2.05, 4.69) is 13.8 Å². The van der Waals surface area contributed by atoms with Crippen LogP contribution in [0.3, 0.4) is 0 Å². The summed E-state index contributed by atoms with van der Waals surface area (Å²) in [5.74, 6) is -0.0721. The third-order valence-electron chi connectivity index (χ3n) is 3.18. The number of carbonyl (C=O) groups excluding carboxylic acids is 1. The molecule has 1 unspecified atom stereocenters. The molecule has 0 radical (unpaired) electrons. The number of rotatable bonds is 7. The summed E-state index contributed by atoms with van der Waals surface area (Å²) in [5, 5.41) is 0. The minimum atomic E-state index is -0.303. The van der Waals surface area contributed by atoms with Crippen molar-refractivity contribution in [3.05, 3.63) is 41.5 Å². The SMILES string of the molecule is CCCCCC(C)/C(=C\c1ccccc1)C(N)=O. The van der Waals surface area contributed by atoms with E-state index in [1.165, 1.54) is 12.8 Å². The molecule has 18 heavy (non-hydrogen) atoms. The van der Waals surface area contributed by atoms with E-state index >= 15 is 0 Å². The summed E-state index contributed by atoms with van der Waals surface area (Å²) in [6.45, 7) is 4.26. The van der Waals surface area contributed by atoms with Gasteiger partial charge >= 0.3 is 0 Å². The number of unbranched alkanes of at least 4 members (excludes halogenated alkanes) is 2. The zero-order chi connectivity index (χ0) is 13.4. The van der Waals surface area contributed by atoms with Crippen molar-refractivity contribution in [2.45, 2.75) is 39.5 Å². The predicted octanol–water partition coefficient (Wildman–Crippen LogP) is 3.77. The number of primary amides is 1. The van der Waals surface area contributed by atoms with Gasteiger partial charge in [-0.25, -0.2) is 0 Å². The molecule has 0 saturated heterocycles. The normalized spacial score (nSPS) is 13.3. The summed E-state index contributed by atoms with van der Waals surface area (Å²) in [7, 11) is 0. The summed E-state index contributed by atoms with van der Waals surface area (Å²) in [4.78, 5) is 11.5. The lowest BCUT2D eigenvalue weighted by Gasteiger charge is -2.13. The van der Waals surface area contributed by atoms with Crippen LogP contribution in [-0.2, 0) is 4.79 Å². The maximum absolute atomic E-state index is 11.5. The molecule has 1 aromatic carbocycles. The second-order valence-corrected chi connectivity index (χ2v) is 4.77. The van der Waals surface area contributed by atoms with Gasteiger partial charge in [0.05, 0.1) is 0 Å². The number of nitrogens with two attached hydrogens (primary N) is 1. The van der Waals surface area contributed by atoms with Crippen molar-refractivity contribution in [1.82, 2.24) is 0 Å². The van der Waals surface area contributed by atoms with Crippen molar-refractivity contribution in [3.8, 4) is 0 Å². The van der Waals surface area contributed by atoms with Gasteiger partial charge in [-0.3, -0.25) is 4.79 Å². The van der Waals surface area contributed by atoms with Gasteiger partial charge in [-0.2, -0.15) is 0 Å². The smallest absolute Gasteiger partial charge is 0.244 e. The van der Waals surface area contributed by atoms with Crippen molar-refractivity contribution < 1.29 is 4.79 Å². The molecule has 1 atom stereocenters. The summed E-state index contributed by atoms with van der Waals surface area (Å²) in [6.07, 6.45) is 6.49. The van der Waals surface area contributed by atoms with E-state index in [4.69, 9.17) is 5.73 Å². The lowest BCUT2D eigenvalue weighted by Crippen LogP contribution is -2.19. The molecule has 2 nitrogen and oxygen atoms in total. The van der Waals surface area contributed by atoms with Crippen LogP contribution in [0.15, 0.2) is 35.9 Å². The molecule has 2 N–H and O–H groups in total. The predicted molar refractivity (Wildman–Crippen MR) is 76.9 cm³/mol. The molecule has 0 saturated carbocycles. The van der Waals surface area contributed by atoms with E-state index in [0.717, 1.165) is 24.0 Å². The Morgan fingerprint density at radius 1 is 1.28 bits per heavy atom. The highest BCUT2D eigenvalue weighted by Crippen LogP contribution is 2.20. The lowest BCUT2D eigenvalue weighted by atomic mass is 9.92. The fourth-order valence-corrected chi connectivity index (χ4v) is 2.04. The number of hydrogen-bond acceptors (Lipinski definition) is 1. The van der Waals surface area contributed by atoms with Crippen LogP contribution in [0.1, 0.15) is 45.1 Å². The first-order valence-corrected chi connectivity index (χ1v) is 6.71. The van der Waals surface area contributed by atoms with Gasteiger partial charge in [0.2, 0.25) is 5.91 Å². The Bertz CT molecular complexity index is 395. The van der Waals surface area contributed by atoms with E-state index in [0.29, 0.717) is 0 Å². The molecular weight excluding hydrogens is 222 g/mol. The Morgan fingerprint density at radius 2 is 1.94 bits per heavy atom. The number of hydrogen-bond donors (Lipinski definition) is 1. The number of carbonyl (C=O) groups is 1. The average Bonchev–Trinajstić information content (AvgIpc) is 2.37. The topological polar surface area (TPSA) is 43.1 Å². The van der Waals surface area contributed by atoms with Crippen LogP contribution in [0, 0.1) is 5.92 Å². The molecule has 1 aromatic rings. The fraction of sp³-hybridized carbons (Fsp3) is 0.438. The summed E-state index contributed by atoms with van der Waals surface area (Å²) < 4.78 is 0. The number of benzene rings is 1. The Kier molecular flexibility index (Phi) is 6.20. The molecule has 0 aliphatic heterocycles. The first-order valence-electron chi connectivity index (χ1n) is 6.71. The van der Waals surface area contributed by atoms with Gasteiger partial charge in [0.1, 0.15) is 0 Å². The maximum Gasteiger partial charge on any atom is 0.244 e. The summed E-state index contributed by atoms with van der Waals surface area (Å²) in [6, 6.07) is 9.87. The summed E-state index contributed by atoms with van der Waals surface area (Å²) in [5.41, 5.74) is 7.25. The molecule has 2 heteroatoms. The largest absolute Gasteiger partial charge is 0.366 e. The Labute approximate surface area is 110 Å². The molecule has 0 aliphatic rings. The first kappa shape index (κ1) is 14.5. The van der Waals surface area contributed by atoms with Gasteiger partial charge in [0, 0.05) is 5.57 Å². The molecular formula is C16H23NO. The molecule has 1 rings (SSSR count). The zero-order valence-electron chi connectivity index (χ0n) is 11.4. The van der Waals surface area contributed by atoms with Crippen LogP contribution >= 0.6 is 0 Å². The molecule has 98 valence electrons. The quantitative estimate of drug-likeness (QED) is 0.576. The first-order chi connectivity index (χ1) is 8.65. The van der Waals surface area contributed by atoms with Crippen LogP contribution in [-0.4, -0.2) is 5.91 Å². The van der Waals surface area contributed by atoms with Crippen LogP contribution in [0.5, 0.6) is 0 Å². The zero-order valence-corrected chi connectivity index (χ0v) is 11.4. The van der Waals surface area contributed by atoms with Crippen LogP contribution in [0.4, 0.5) is 0 Å². The highest BCUT2D eigenvalue weighted by atomic mass is 16.1. The van der Waals surface area contributed by atoms with Gasteiger partial charge in [-0.05, 0) is 24.0 Å². The third-order valence-corrected chi connectivity index (χ3v) is 3.18. The average molecular weight is 245 g/mol. The van der Waals surface area contributed by atoms with Gasteiger partial charge in [-0.1, -0.05) is 63.4 Å². The van der Waals surface area contributed by atoms with E-state index in [-0.39, 0.29) is 11.8 Å². The standard InChI is InChI=1S/C16H23NO/c1-3-4-6-9-13(2)15(16(17)18)12-14-10-7-5-8-11-14/h5,7-8,10-13H,3-4,6,9H2,1-2H3,(H2,17,18)/b15-12+. The van der Waals surface area contributed by atoms with Crippen molar-refractivity contribution in [1.29, 1.82) is 0 Å². The maximum atomic E-state index is 11.5. The van der Waals surface area contributed by atoms with Crippen molar-refractivity contribution in [2.24, 2.45) is 11.7 Å². The van der Waals surface area contributed by atoms with Crippen LogP contribution in [0.25, 0.3) is 6.08 Å². The van der Waals surface area contributed by atoms with Gasteiger partial charge < -0.3 is 5.73 Å². The van der Waals surface area contributed by atoms with E-state index < -0.39 is 0 Å². The summed E-state index contributed by atoms with van der Waals surface area (Å²) >= 11 is 0. The third kappa shape index (κ3) is 4.74. The molecule has 0 heterocycles. The fourth-order valence-electron chi connectivity index (χ4n) is 2.04. The molecule has 1 amide bonds. The molecule has 0 aromatic heterocycles. The second-order valence-electron chi connectivity index (χ2n) is 4.77. The van der Waals surface area contributed by atoms with Crippen LogP contribution < -0.4 is 5.73 Å². The van der Waals surface area contributed by atoms with E-state index in [1.54, 1.807) is 0 Å². The lowest BCUT2D eigenvalue weighted by molar-refractivity contribution is -0.115. The minimum Gasteiger partial charge on any atom is -0.366 e. The molecule has 0 aliphatic carbocycles. The number of amides is 1. The Hall–Kier alpha value is -1.57. The molecule has 0 fully saturated rings. The van der Waals surface area contributed by atoms with Gasteiger partial charge in [-0.15, -0.1) is 0 Å². The Morgan fingerprint density at radius 3 is 2.50 bits per heavy atom. The molecule has 0 bridgehead atoms. The molecule has 0 spiro atoms. The van der Waals surface area contributed by atoms with Gasteiger partial charge in [0.25, 0.3) is 0 Å². The van der Waals surface area contributed by atoms with E-state index in [1.807, 2.05) is 36.4 Å². The Balaban J connectivity index is 2.76. The van der Waals surface area contributed by atoms with Gasteiger partial charge in [0.15, 0.2) is 0 Å². The highest BCUT2D eigenvalue weighted by molar-refractivity contribution is 5.97. The highest BCUT2D eigenvalue weighted by Gasteiger charge is 2.13. The van der Waals surface area contributed by atoms with Crippen molar-refractivity contribution in [2.75, 3.05) is 0 Å². The monoisotopic (exact) mass is 245 g/mol. The van der Waals surface area contributed by atoms with Crippen LogP contribution in [0.2, 0.25) is 0 Å².